The first-order valence-electron chi connectivity index (χ1n) is 7.34. The molecule has 2 heterocycles. The van der Waals surface area contributed by atoms with Crippen LogP contribution in [0.2, 0.25) is 0 Å². The molecular formula is C15H18N4O4S. The fourth-order valence-corrected chi connectivity index (χ4v) is 3.12. The van der Waals surface area contributed by atoms with E-state index in [1.807, 2.05) is 13.0 Å². The van der Waals surface area contributed by atoms with Gasteiger partial charge in [0, 0.05) is 35.1 Å². The lowest BCUT2D eigenvalue weighted by atomic mass is 10.0. The van der Waals surface area contributed by atoms with Crippen molar-refractivity contribution < 1.29 is 18.5 Å². The van der Waals surface area contributed by atoms with Crippen LogP contribution in [0.3, 0.4) is 0 Å². The Hall–Kier alpha value is -1.94. The lowest BCUT2D eigenvalue weighted by molar-refractivity contribution is -0.0461. The zero-order valence-corrected chi connectivity index (χ0v) is 14.4. The molecule has 1 fully saturated rings. The van der Waals surface area contributed by atoms with E-state index in [1.54, 1.807) is 20.2 Å². The maximum atomic E-state index is 12.6. The van der Waals surface area contributed by atoms with Gasteiger partial charge in [-0.1, -0.05) is 6.07 Å². The molecule has 8 nitrogen and oxygen atoms in total. The average Bonchev–Trinajstić information content (AvgIpc) is 3.22. The van der Waals surface area contributed by atoms with Crippen LogP contribution in [0, 0.1) is 6.92 Å². The summed E-state index contributed by atoms with van der Waals surface area (Å²) in [4.78, 5) is 17.4. The van der Waals surface area contributed by atoms with Gasteiger partial charge in [-0.3, -0.25) is 10.1 Å². The number of benzene rings is 1. The molecule has 128 valence electrons. The van der Waals surface area contributed by atoms with Gasteiger partial charge in [0.2, 0.25) is 5.95 Å². The summed E-state index contributed by atoms with van der Waals surface area (Å²) in [5.74, 6) is 0.119. The highest BCUT2D eigenvalue weighted by molar-refractivity contribution is 7.94. The topological polar surface area (TPSA) is 87.5 Å². The highest BCUT2D eigenvalue weighted by atomic mass is 32.2. The average molecular weight is 350 g/mol. The summed E-state index contributed by atoms with van der Waals surface area (Å²) in [6.07, 6.45) is 0.948. The van der Waals surface area contributed by atoms with Crippen molar-refractivity contribution in [2.75, 3.05) is 25.6 Å². The van der Waals surface area contributed by atoms with Crippen molar-refractivity contribution in [1.82, 2.24) is 14.8 Å². The number of hydrogen-bond acceptors (Lipinski definition) is 7. The third-order valence-electron chi connectivity index (χ3n) is 3.66. The molecule has 1 aromatic carbocycles. The molecule has 0 aliphatic carbocycles. The number of anilines is 1. The fraction of sp³-hybridized carbons (Fsp3) is 0.400. The fourth-order valence-electron chi connectivity index (χ4n) is 2.45. The summed E-state index contributed by atoms with van der Waals surface area (Å²) in [5.41, 5.74) is 2.17. The van der Waals surface area contributed by atoms with Crippen LogP contribution in [-0.2, 0) is 20.7 Å². The first-order chi connectivity index (χ1) is 11.6. The molecule has 1 amide bonds. The molecule has 1 aliphatic heterocycles. The minimum atomic E-state index is -0.433. The van der Waals surface area contributed by atoms with Crippen molar-refractivity contribution >= 4 is 23.9 Å². The van der Waals surface area contributed by atoms with Gasteiger partial charge in [0.15, 0.2) is 6.29 Å². The van der Waals surface area contributed by atoms with E-state index >= 15 is 0 Å². The molecule has 1 saturated heterocycles. The van der Waals surface area contributed by atoms with Gasteiger partial charge in [-0.15, -0.1) is 0 Å². The molecule has 0 unspecified atom stereocenters. The van der Waals surface area contributed by atoms with Gasteiger partial charge in [-0.05, 0) is 18.6 Å². The van der Waals surface area contributed by atoms with Crippen LogP contribution in [0.25, 0.3) is 0 Å². The van der Waals surface area contributed by atoms with Gasteiger partial charge in [-0.2, -0.15) is 10.1 Å². The summed E-state index contributed by atoms with van der Waals surface area (Å²) >= 11 is 1.18. The third-order valence-corrected chi connectivity index (χ3v) is 4.54. The number of rotatable bonds is 5. The largest absolute Gasteiger partial charge is 0.346 e. The van der Waals surface area contributed by atoms with E-state index < -0.39 is 6.29 Å². The van der Waals surface area contributed by atoms with Crippen LogP contribution >= 0.6 is 12.0 Å². The summed E-state index contributed by atoms with van der Waals surface area (Å²) in [6.45, 7) is 2.97. The summed E-state index contributed by atoms with van der Waals surface area (Å²) < 4.78 is 17.8. The SMILES string of the molecule is COSc1c(C2OCCO2)ccc(C(=O)Nc2ncnn2C)c1C. The highest BCUT2D eigenvalue weighted by Crippen LogP contribution is 2.36. The Kier molecular flexibility index (Phi) is 5.14. The van der Waals surface area contributed by atoms with Crippen LogP contribution in [0.5, 0.6) is 0 Å². The number of hydrogen-bond donors (Lipinski definition) is 1. The van der Waals surface area contributed by atoms with E-state index in [-0.39, 0.29) is 5.91 Å². The number of carbonyl (C=O) groups is 1. The van der Waals surface area contributed by atoms with Crippen LogP contribution < -0.4 is 5.32 Å². The molecule has 2 aromatic rings. The monoisotopic (exact) mass is 350 g/mol. The molecule has 0 atom stereocenters. The van der Waals surface area contributed by atoms with Crippen LogP contribution in [0.15, 0.2) is 23.4 Å². The zero-order chi connectivity index (χ0) is 17.1. The summed E-state index contributed by atoms with van der Waals surface area (Å²) in [5, 5.41) is 6.68. The van der Waals surface area contributed by atoms with E-state index in [2.05, 4.69) is 15.4 Å². The lowest BCUT2D eigenvalue weighted by Crippen LogP contribution is -2.17. The number of nitrogens with one attached hydrogen (secondary N) is 1. The highest BCUT2D eigenvalue weighted by Gasteiger charge is 2.25. The van der Waals surface area contributed by atoms with Gasteiger partial charge in [-0.25, -0.2) is 4.68 Å². The Labute approximate surface area is 143 Å². The minimum absolute atomic E-state index is 0.263. The second kappa shape index (κ2) is 7.31. The maximum absolute atomic E-state index is 12.6. The smallest absolute Gasteiger partial charge is 0.258 e. The number of aromatic nitrogens is 3. The molecule has 0 saturated carbocycles. The molecule has 0 radical (unpaired) electrons. The number of carbonyl (C=O) groups excluding carboxylic acids is 1. The van der Waals surface area contributed by atoms with E-state index in [1.165, 1.54) is 23.1 Å². The molecular weight excluding hydrogens is 332 g/mol. The van der Waals surface area contributed by atoms with E-state index in [4.69, 9.17) is 13.7 Å². The van der Waals surface area contributed by atoms with Crippen molar-refractivity contribution in [2.24, 2.45) is 7.05 Å². The Morgan fingerprint density at radius 3 is 2.79 bits per heavy atom. The van der Waals surface area contributed by atoms with Gasteiger partial charge in [0.25, 0.3) is 5.91 Å². The molecule has 1 aromatic heterocycles. The third kappa shape index (κ3) is 3.29. The van der Waals surface area contributed by atoms with E-state index in [0.717, 1.165) is 16.0 Å². The summed E-state index contributed by atoms with van der Waals surface area (Å²) in [6, 6.07) is 3.58. The van der Waals surface area contributed by atoms with Gasteiger partial charge < -0.3 is 13.7 Å². The quantitative estimate of drug-likeness (QED) is 0.826. The Bertz CT molecular complexity index is 743. The number of amides is 1. The standard InChI is InChI=1S/C15H18N4O4S/c1-9-10(13(20)18-15-16-8-17-19(15)2)4-5-11(12(9)24-21-3)14-22-6-7-23-14/h4-5,8,14H,6-7H2,1-3H3,(H,16,17,18,20). The second-order valence-corrected chi connectivity index (χ2v) is 6.05. The molecule has 0 bridgehead atoms. The summed E-state index contributed by atoms with van der Waals surface area (Å²) in [7, 11) is 3.29. The van der Waals surface area contributed by atoms with Crippen LogP contribution in [0.1, 0.15) is 27.8 Å². The predicted octanol–water partition coefficient (Wildman–Crippen LogP) is 2.07. The number of ether oxygens (including phenoxy) is 2. The van der Waals surface area contributed by atoms with Crippen molar-refractivity contribution in [3.05, 3.63) is 35.2 Å². The van der Waals surface area contributed by atoms with Gasteiger partial charge in [0.1, 0.15) is 6.33 Å². The zero-order valence-electron chi connectivity index (χ0n) is 13.6. The lowest BCUT2D eigenvalue weighted by Gasteiger charge is -2.17. The Morgan fingerprint density at radius 2 is 2.17 bits per heavy atom. The minimum Gasteiger partial charge on any atom is -0.346 e. The predicted molar refractivity (Wildman–Crippen MR) is 87.6 cm³/mol. The molecule has 3 rings (SSSR count). The van der Waals surface area contributed by atoms with Crippen molar-refractivity contribution in [1.29, 1.82) is 0 Å². The molecule has 9 heteroatoms. The second-order valence-electron chi connectivity index (χ2n) is 5.14. The Morgan fingerprint density at radius 1 is 1.42 bits per heavy atom. The van der Waals surface area contributed by atoms with E-state index in [0.29, 0.717) is 24.7 Å². The van der Waals surface area contributed by atoms with Gasteiger partial charge in [0.05, 0.1) is 20.3 Å². The van der Waals surface area contributed by atoms with Crippen molar-refractivity contribution in [2.45, 2.75) is 18.1 Å². The molecule has 1 aliphatic rings. The first kappa shape index (κ1) is 16.9. The first-order valence-corrected chi connectivity index (χ1v) is 8.08. The molecule has 0 spiro atoms. The molecule has 1 N–H and O–H groups in total. The molecule has 24 heavy (non-hydrogen) atoms. The van der Waals surface area contributed by atoms with Gasteiger partial charge >= 0.3 is 0 Å². The van der Waals surface area contributed by atoms with Crippen molar-refractivity contribution in [3.8, 4) is 0 Å². The maximum Gasteiger partial charge on any atom is 0.258 e. The number of nitrogens with zero attached hydrogens (tertiary/aromatic N) is 3. The van der Waals surface area contributed by atoms with Crippen LogP contribution in [0.4, 0.5) is 5.95 Å². The van der Waals surface area contributed by atoms with Crippen molar-refractivity contribution in [3.63, 3.8) is 0 Å². The number of aryl methyl sites for hydroxylation is 1. The van der Waals surface area contributed by atoms with Crippen LogP contribution in [-0.4, -0.2) is 41.0 Å². The Balaban J connectivity index is 1.92. The van der Waals surface area contributed by atoms with E-state index in [9.17, 15) is 4.79 Å². The normalized spacial score (nSPS) is 15.0.